The minimum atomic E-state index is -3.90. The van der Waals surface area contributed by atoms with E-state index in [0.29, 0.717) is 0 Å². The summed E-state index contributed by atoms with van der Waals surface area (Å²) in [5.41, 5.74) is 0.817. The zero-order valence-electron chi connectivity index (χ0n) is 15.9. The highest BCUT2D eigenvalue weighted by Gasteiger charge is 2.56. The maximum Gasteiger partial charge on any atom is 0.242 e. The van der Waals surface area contributed by atoms with Gasteiger partial charge in [0.1, 0.15) is 10.7 Å². The summed E-state index contributed by atoms with van der Waals surface area (Å²) < 4.78 is 43.0. The molecule has 1 N–H and O–H groups in total. The summed E-state index contributed by atoms with van der Waals surface area (Å²) in [7, 11) is -3.90. The van der Waals surface area contributed by atoms with E-state index in [0.717, 1.165) is 57.0 Å². The molecule has 154 valence electrons. The van der Waals surface area contributed by atoms with Crippen LogP contribution in [0.5, 0.6) is 0 Å². The van der Waals surface area contributed by atoms with Crippen molar-refractivity contribution in [1.29, 1.82) is 0 Å². The molecule has 2 aromatic carbocycles. The molecule has 4 fully saturated rings. The number of piperidine rings is 2. The second-order valence-electron chi connectivity index (χ2n) is 8.43. The van der Waals surface area contributed by atoms with Crippen molar-refractivity contribution < 1.29 is 12.8 Å². The fourth-order valence-corrected chi connectivity index (χ4v) is 7.36. The quantitative estimate of drug-likeness (QED) is 0.800. The van der Waals surface area contributed by atoms with Crippen LogP contribution in [0.25, 0.3) is 0 Å². The Morgan fingerprint density at radius 2 is 1.69 bits per heavy atom. The number of sulfonamides is 1. The minimum Gasteiger partial charge on any atom is -0.301 e. The van der Waals surface area contributed by atoms with Gasteiger partial charge in [0.15, 0.2) is 0 Å². The first kappa shape index (κ1) is 19.5. The fraction of sp³-hybridized carbons (Fsp3) is 0.429. The molecule has 29 heavy (non-hydrogen) atoms. The lowest BCUT2D eigenvalue weighted by atomic mass is 9.65. The molecule has 4 heterocycles. The van der Waals surface area contributed by atoms with E-state index in [2.05, 4.69) is 26.7 Å². The van der Waals surface area contributed by atoms with E-state index in [-0.39, 0.29) is 27.3 Å². The lowest BCUT2D eigenvalue weighted by Crippen LogP contribution is -2.70. The molecule has 2 unspecified atom stereocenters. The highest BCUT2D eigenvalue weighted by molar-refractivity contribution is 7.89. The Hall–Kier alpha value is -1.51. The summed E-state index contributed by atoms with van der Waals surface area (Å²) in [5, 5.41) is -0.0974. The van der Waals surface area contributed by atoms with Gasteiger partial charge in [-0.25, -0.2) is 17.5 Å². The molecule has 0 saturated carbocycles. The van der Waals surface area contributed by atoms with Crippen LogP contribution in [0, 0.1) is 11.7 Å². The summed E-state index contributed by atoms with van der Waals surface area (Å²) in [6, 6.07) is 13.4. The third kappa shape index (κ3) is 3.29. The molecular weight excluding hydrogens is 413 g/mol. The summed E-state index contributed by atoms with van der Waals surface area (Å²) >= 11 is 6.08. The Kier molecular flexibility index (Phi) is 4.71. The maximum absolute atomic E-state index is 13.4. The van der Waals surface area contributed by atoms with Crippen molar-refractivity contribution in [2.45, 2.75) is 16.4 Å². The third-order valence-corrected chi connectivity index (χ3v) is 8.53. The molecule has 8 heteroatoms. The van der Waals surface area contributed by atoms with Crippen molar-refractivity contribution in [3.8, 4) is 0 Å². The molecular formula is C21H23ClFN3O2S. The topological polar surface area (TPSA) is 52.7 Å². The first-order valence-electron chi connectivity index (χ1n) is 9.85. The molecule has 0 radical (unpaired) electrons. The van der Waals surface area contributed by atoms with Crippen LogP contribution < -0.4 is 4.72 Å². The lowest BCUT2D eigenvalue weighted by Gasteiger charge is -2.55. The molecule has 2 aromatic rings. The summed E-state index contributed by atoms with van der Waals surface area (Å²) in [5.74, 6) is -0.379. The number of hydrogen-bond donors (Lipinski definition) is 1. The first-order valence-corrected chi connectivity index (χ1v) is 11.7. The molecule has 4 aliphatic heterocycles. The average Bonchev–Trinajstić information content (AvgIpc) is 2.93. The van der Waals surface area contributed by atoms with Crippen LogP contribution in [0.2, 0.25) is 5.02 Å². The van der Waals surface area contributed by atoms with Gasteiger partial charge in [0.25, 0.3) is 0 Å². The van der Waals surface area contributed by atoms with E-state index in [1.165, 1.54) is 6.07 Å². The van der Waals surface area contributed by atoms with Crippen LogP contribution in [0.15, 0.2) is 53.4 Å². The Morgan fingerprint density at radius 1 is 1.03 bits per heavy atom. The van der Waals surface area contributed by atoms with E-state index in [4.69, 9.17) is 11.6 Å². The molecule has 5 nitrogen and oxygen atoms in total. The Balaban J connectivity index is 1.58. The molecule has 4 saturated heterocycles. The van der Waals surface area contributed by atoms with Crippen molar-refractivity contribution in [3.63, 3.8) is 0 Å². The molecule has 4 bridgehead atoms. The van der Waals surface area contributed by atoms with E-state index < -0.39 is 15.8 Å². The smallest absolute Gasteiger partial charge is 0.242 e. The van der Waals surface area contributed by atoms with Crippen molar-refractivity contribution in [1.82, 2.24) is 14.5 Å². The van der Waals surface area contributed by atoms with Gasteiger partial charge in [-0.3, -0.25) is 0 Å². The Labute approximate surface area is 175 Å². The molecule has 3 atom stereocenters. The number of benzene rings is 2. The van der Waals surface area contributed by atoms with Crippen LogP contribution in [-0.4, -0.2) is 63.5 Å². The van der Waals surface area contributed by atoms with E-state index in [1.807, 2.05) is 18.2 Å². The second kappa shape index (κ2) is 7.03. The normalized spacial score (nSPS) is 33.6. The van der Waals surface area contributed by atoms with Crippen LogP contribution in [0.3, 0.4) is 0 Å². The standard InChI is InChI=1S/C21H23ClFN3O2S/c22-18-10-17(23)6-7-19(18)29(27,28)24-20-15-11-25-8-9-26(12-15)14-21(20,13-25)16-4-2-1-3-5-16/h1-7,10,15,20,24H,8-9,11-14H2/t15?,20-,21?/m1/s1. The highest BCUT2D eigenvalue weighted by atomic mass is 35.5. The number of halogens is 2. The molecule has 0 aliphatic carbocycles. The predicted molar refractivity (Wildman–Crippen MR) is 110 cm³/mol. The monoisotopic (exact) mass is 435 g/mol. The molecule has 0 amide bonds. The third-order valence-electron chi connectivity index (χ3n) is 6.61. The van der Waals surface area contributed by atoms with Crippen LogP contribution in [0.4, 0.5) is 4.39 Å². The first-order chi connectivity index (χ1) is 13.9. The molecule has 6 rings (SSSR count). The second-order valence-corrected chi connectivity index (χ2v) is 10.5. The number of nitrogens with zero attached hydrogens (tertiary/aromatic N) is 2. The highest BCUT2D eigenvalue weighted by Crippen LogP contribution is 2.43. The van der Waals surface area contributed by atoms with Crippen LogP contribution in [-0.2, 0) is 15.4 Å². The molecule has 0 aromatic heterocycles. The van der Waals surface area contributed by atoms with Gasteiger partial charge in [0.2, 0.25) is 10.0 Å². The Morgan fingerprint density at radius 3 is 2.31 bits per heavy atom. The SMILES string of the molecule is O=S(=O)(N[C@@H]1C2CN3CCN(C2)CC1(c1ccccc1)C3)c1ccc(F)cc1Cl. The largest absolute Gasteiger partial charge is 0.301 e. The predicted octanol–water partition coefficient (Wildman–Crippen LogP) is 2.33. The van der Waals surface area contributed by atoms with Gasteiger partial charge in [-0.05, 0) is 23.8 Å². The number of nitrogens with one attached hydrogen (secondary N) is 1. The molecule has 0 spiro atoms. The minimum absolute atomic E-state index is 0.0731. The van der Waals surface area contributed by atoms with Gasteiger partial charge in [-0.2, -0.15) is 0 Å². The number of hydrogen-bond acceptors (Lipinski definition) is 4. The van der Waals surface area contributed by atoms with Crippen molar-refractivity contribution in [2.75, 3.05) is 39.3 Å². The summed E-state index contributed by atoms with van der Waals surface area (Å²) in [4.78, 5) is 4.84. The van der Waals surface area contributed by atoms with Crippen molar-refractivity contribution in [2.24, 2.45) is 5.92 Å². The van der Waals surface area contributed by atoms with Gasteiger partial charge < -0.3 is 9.80 Å². The van der Waals surface area contributed by atoms with Gasteiger partial charge in [-0.1, -0.05) is 41.9 Å². The van der Waals surface area contributed by atoms with Gasteiger partial charge in [0.05, 0.1) is 5.02 Å². The summed E-state index contributed by atoms with van der Waals surface area (Å²) in [6.45, 7) is 5.39. The maximum atomic E-state index is 13.4. The fourth-order valence-electron chi connectivity index (χ4n) is 5.45. The van der Waals surface area contributed by atoms with E-state index in [1.54, 1.807) is 0 Å². The van der Waals surface area contributed by atoms with Gasteiger partial charge in [0, 0.05) is 56.6 Å². The average molecular weight is 436 g/mol. The summed E-state index contributed by atoms with van der Waals surface area (Å²) in [6.07, 6.45) is 0. The number of fused-ring (bicyclic) bond motifs is 1. The van der Waals surface area contributed by atoms with Crippen LogP contribution in [0.1, 0.15) is 5.56 Å². The van der Waals surface area contributed by atoms with Crippen molar-refractivity contribution >= 4 is 21.6 Å². The molecule has 4 aliphatic rings. The Bertz CT molecular complexity index is 1020. The van der Waals surface area contributed by atoms with Crippen LogP contribution >= 0.6 is 11.6 Å². The number of rotatable bonds is 4. The van der Waals surface area contributed by atoms with Gasteiger partial charge in [-0.15, -0.1) is 0 Å². The zero-order valence-corrected chi connectivity index (χ0v) is 17.5. The van der Waals surface area contributed by atoms with Crippen molar-refractivity contribution in [3.05, 3.63) is 64.9 Å². The van der Waals surface area contributed by atoms with Gasteiger partial charge >= 0.3 is 0 Å². The van der Waals surface area contributed by atoms with E-state index >= 15 is 0 Å². The zero-order chi connectivity index (χ0) is 20.2. The lowest BCUT2D eigenvalue weighted by molar-refractivity contribution is 0.0281. The van der Waals surface area contributed by atoms with E-state index in [9.17, 15) is 12.8 Å².